The molecule has 1 aromatic heterocycles. The third-order valence-electron chi connectivity index (χ3n) is 2.20. The van der Waals surface area contributed by atoms with Crippen LogP contribution in [0.2, 0.25) is 0 Å². The van der Waals surface area contributed by atoms with Crippen LogP contribution in [0.25, 0.3) is 0 Å². The Morgan fingerprint density at radius 3 is 2.92 bits per heavy atom. The Labute approximate surface area is 78.4 Å². The summed E-state index contributed by atoms with van der Waals surface area (Å²) in [6.45, 7) is 5.00. The second-order valence-electron chi connectivity index (χ2n) is 3.34. The third kappa shape index (κ3) is 2.08. The summed E-state index contributed by atoms with van der Waals surface area (Å²) in [5, 5.41) is 14.1. The van der Waals surface area contributed by atoms with E-state index in [-0.39, 0.29) is 0 Å². The van der Waals surface area contributed by atoms with Crippen molar-refractivity contribution in [2.45, 2.75) is 32.4 Å². The molecule has 0 aliphatic carbocycles. The first-order valence-corrected chi connectivity index (χ1v) is 4.56. The molecule has 1 aromatic rings. The number of rotatable bonds is 4. The van der Waals surface area contributed by atoms with Gasteiger partial charge in [-0.05, 0) is 32.9 Å². The molecule has 1 heterocycles. The Bertz CT molecular complexity index is 268. The van der Waals surface area contributed by atoms with Gasteiger partial charge in [-0.15, -0.1) is 0 Å². The molecule has 0 radical (unpaired) electrons. The molecule has 13 heavy (non-hydrogen) atoms. The molecule has 4 heteroatoms. The summed E-state index contributed by atoms with van der Waals surface area (Å²) in [5.41, 5.74) is 5.40. The predicted molar refractivity (Wildman–Crippen MR) is 51.1 cm³/mol. The van der Waals surface area contributed by atoms with Crippen molar-refractivity contribution >= 4 is 0 Å². The van der Waals surface area contributed by atoms with E-state index in [0.717, 1.165) is 12.2 Å². The van der Waals surface area contributed by atoms with Gasteiger partial charge in [-0.25, -0.2) is 0 Å². The van der Waals surface area contributed by atoms with Crippen molar-refractivity contribution in [1.29, 1.82) is 0 Å². The van der Waals surface area contributed by atoms with Gasteiger partial charge in [0.25, 0.3) is 0 Å². The second-order valence-corrected chi connectivity index (χ2v) is 3.34. The molecule has 3 N–H and O–H groups in total. The average Bonchev–Trinajstić information content (AvgIpc) is 2.51. The number of nitrogens with zero attached hydrogens (tertiary/aromatic N) is 2. The summed E-state index contributed by atoms with van der Waals surface area (Å²) in [5.74, 6) is 0. The molecule has 0 saturated carbocycles. The molecule has 74 valence electrons. The largest absolute Gasteiger partial charge is 0.384 e. The van der Waals surface area contributed by atoms with Gasteiger partial charge in [0.15, 0.2) is 0 Å². The standard InChI is InChI=1S/C9H17N3O/c1-3-12-8(4-7-11-12)9(2,13)5-6-10/h4,7,13H,3,5-6,10H2,1-2H3. The zero-order valence-corrected chi connectivity index (χ0v) is 8.20. The van der Waals surface area contributed by atoms with Crippen LogP contribution in [-0.2, 0) is 12.1 Å². The van der Waals surface area contributed by atoms with Crippen molar-refractivity contribution in [2.24, 2.45) is 5.73 Å². The molecule has 0 amide bonds. The van der Waals surface area contributed by atoms with Crippen LogP contribution in [0.15, 0.2) is 12.3 Å². The van der Waals surface area contributed by atoms with Crippen molar-refractivity contribution in [3.8, 4) is 0 Å². The van der Waals surface area contributed by atoms with Crippen LogP contribution in [0.5, 0.6) is 0 Å². The lowest BCUT2D eigenvalue weighted by atomic mass is 9.98. The molecule has 4 nitrogen and oxygen atoms in total. The van der Waals surface area contributed by atoms with E-state index in [4.69, 9.17) is 5.73 Å². The van der Waals surface area contributed by atoms with Gasteiger partial charge < -0.3 is 10.8 Å². The van der Waals surface area contributed by atoms with Crippen LogP contribution < -0.4 is 5.73 Å². The number of aromatic nitrogens is 2. The molecule has 0 bridgehead atoms. The number of hydrogen-bond acceptors (Lipinski definition) is 3. The fourth-order valence-electron chi connectivity index (χ4n) is 1.45. The molecule has 0 aromatic carbocycles. The summed E-state index contributed by atoms with van der Waals surface area (Å²) in [6.07, 6.45) is 2.25. The molecule has 0 fully saturated rings. The highest BCUT2D eigenvalue weighted by Gasteiger charge is 2.25. The highest BCUT2D eigenvalue weighted by molar-refractivity contribution is 5.10. The first-order chi connectivity index (χ1) is 6.11. The predicted octanol–water partition coefficient (Wildman–Crippen LogP) is 0.459. The van der Waals surface area contributed by atoms with Gasteiger partial charge in [-0.3, -0.25) is 4.68 Å². The number of hydrogen-bond donors (Lipinski definition) is 2. The van der Waals surface area contributed by atoms with E-state index in [1.165, 1.54) is 0 Å². The molecular formula is C9H17N3O. The van der Waals surface area contributed by atoms with Crippen LogP contribution >= 0.6 is 0 Å². The number of aryl methyl sites for hydroxylation is 1. The van der Waals surface area contributed by atoms with Crippen molar-refractivity contribution in [3.05, 3.63) is 18.0 Å². The molecule has 0 saturated heterocycles. The maximum Gasteiger partial charge on any atom is 0.105 e. The maximum absolute atomic E-state index is 10.0. The molecule has 1 unspecified atom stereocenters. The fourth-order valence-corrected chi connectivity index (χ4v) is 1.45. The lowest BCUT2D eigenvalue weighted by molar-refractivity contribution is 0.0410. The van der Waals surface area contributed by atoms with E-state index >= 15 is 0 Å². The Morgan fingerprint density at radius 1 is 1.69 bits per heavy atom. The topological polar surface area (TPSA) is 64.1 Å². The monoisotopic (exact) mass is 183 g/mol. The highest BCUT2D eigenvalue weighted by Crippen LogP contribution is 2.23. The zero-order chi connectivity index (χ0) is 9.90. The number of aliphatic hydroxyl groups is 1. The minimum atomic E-state index is -0.860. The lowest BCUT2D eigenvalue weighted by Crippen LogP contribution is -2.28. The van der Waals surface area contributed by atoms with E-state index in [0.29, 0.717) is 13.0 Å². The first kappa shape index (κ1) is 10.2. The smallest absolute Gasteiger partial charge is 0.105 e. The average molecular weight is 183 g/mol. The van der Waals surface area contributed by atoms with Crippen molar-refractivity contribution in [2.75, 3.05) is 6.54 Å². The second kappa shape index (κ2) is 3.89. The van der Waals surface area contributed by atoms with Gasteiger partial charge in [-0.1, -0.05) is 0 Å². The van der Waals surface area contributed by atoms with Gasteiger partial charge in [0.05, 0.1) is 5.69 Å². The first-order valence-electron chi connectivity index (χ1n) is 4.56. The molecule has 1 atom stereocenters. The van der Waals surface area contributed by atoms with E-state index < -0.39 is 5.60 Å². The van der Waals surface area contributed by atoms with Crippen LogP contribution in [0.3, 0.4) is 0 Å². The summed E-state index contributed by atoms with van der Waals surface area (Å²) in [6, 6.07) is 1.83. The summed E-state index contributed by atoms with van der Waals surface area (Å²) >= 11 is 0. The minimum absolute atomic E-state index is 0.474. The van der Waals surface area contributed by atoms with Crippen LogP contribution in [0.1, 0.15) is 26.0 Å². The van der Waals surface area contributed by atoms with Crippen molar-refractivity contribution < 1.29 is 5.11 Å². The van der Waals surface area contributed by atoms with Gasteiger partial charge >= 0.3 is 0 Å². The van der Waals surface area contributed by atoms with Crippen LogP contribution in [0, 0.1) is 0 Å². The van der Waals surface area contributed by atoms with Gasteiger partial charge in [0.2, 0.25) is 0 Å². The van der Waals surface area contributed by atoms with E-state index in [2.05, 4.69) is 5.10 Å². The van der Waals surface area contributed by atoms with Gasteiger partial charge in [0.1, 0.15) is 5.60 Å². The lowest BCUT2D eigenvalue weighted by Gasteiger charge is -2.23. The third-order valence-corrected chi connectivity index (χ3v) is 2.20. The van der Waals surface area contributed by atoms with E-state index in [9.17, 15) is 5.11 Å². The molecule has 1 rings (SSSR count). The fraction of sp³-hybridized carbons (Fsp3) is 0.667. The Morgan fingerprint density at radius 2 is 2.38 bits per heavy atom. The summed E-state index contributed by atoms with van der Waals surface area (Å²) in [4.78, 5) is 0. The van der Waals surface area contributed by atoms with Gasteiger partial charge in [0, 0.05) is 12.7 Å². The van der Waals surface area contributed by atoms with Crippen molar-refractivity contribution in [3.63, 3.8) is 0 Å². The summed E-state index contributed by atoms with van der Waals surface area (Å²) < 4.78 is 1.79. The van der Waals surface area contributed by atoms with Crippen LogP contribution in [0.4, 0.5) is 0 Å². The quantitative estimate of drug-likeness (QED) is 0.712. The molecular weight excluding hydrogens is 166 g/mol. The highest BCUT2D eigenvalue weighted by atomic mass is 16.3. The summed E-state index contributed by atoms with van der Waals surface area (Å²) in [7, 11) is 0. The van der Waals surface area contributed by atoms with Crippen molar-refractivity contribution in [1.82, 2.24) is 9.78 Å². The Hall–Kier alpha value is -0.870. The maximum atomic E-state index is 10.0. The van der Waals surface area contributed by atoms with E-state index in [1.807, 2.05) is 13.0 Å². The molecule has 0 spiro atoms. The Kier molecular flexibility index (Phi) is 3.06. The molecule has 0 aliphatic heterocycles. The van der Waals surface area contributed by atoms with Gasteiger partial charge in [-0.2, -0.15) is 5.10 Å². The SMILES string of the molecule is CCn1nccc1C(C)(O)CCN. The normalized spacial score (nSPS) is 15.7. The van der Waals surface area contributed by atoms with E-state index in [1.54, 1.807) is 17.8 Å². The zero-order valence-electron chi connectivity index (χ0n) is 8.20. The minimum Gasteiger partial charge on any atom is -0.384 e. The molecule has 0 aliphatic rings. The van der Waals surface area contributed by atoms with Crippen LogP contribution in [-0.4, -0.2) is 21.4 Å². The number of nitrogens with two attached hydrogens (primary N) is 1. The Balaban J connectivity index is 2.91.